The quantitative estimate of drug-likeness (QED) is 0.618. The molecule has 3 atom stereocenters. The summed E-state index contributed by atoms with van der Waals surface area (Å²) in [6.07, 6.45) is 1.25. The van der Waals surface area contributed by atoms with Gasteiger partial charge in [-0.1, -0.05) is 30.3 Å². The van der Waals surface area contributed by atoms with Crippen LogP contribution in [0, 0.1) is 5.82 Å². The van der Waals surface area contributed by atoms with E-state index in [-0.39, 0.29) is 37.0 Å². The fourth-order valence-electron chi connectivity index (χ4n) is 3.57. The van der Waals surface area contributed by atoms with E-state index in [1.807, 2.05) is 30.3 Å². The summed E-state index contributed by atoms with van der Waals surface area (Å²) >= 11 is 0. The normalized spacial score (nSPS) is 21.1. The van der Waals surface area contributed by atoms with Gasteiger partial charge in [0.05, 0.1) is 25.2 Å². The van der Waals surface area contributed by atoms with E-state index in [2.05, 4.69) is 10.6 Å². The number of benzene rings is 2. The van der Waals surface area contributed by atoms with Crippen molar-refractivity contribution >= 4 is 11.8 Å². The Kier molecular flexibility index (Phi) is 7.93. The summed E-state index contributed by atoms with van der Waals surface area (Å²) in [5, 5.41) is 15.4. The van der Waals surface area contributed by atoms with Crippen molar-refractivity contribution in [3.05, 3.63) is 71.5 Å². The summed E-state index contributed by atoms with van der Waals surface area (Å²) < 4.78 is 18.9. The van der Waals surface area contributed by atoms with Crippen molar-refractivity contribution in [3.8, 4) is 0 Å². The van der Waals surface area contributed by atoms with Gasteiger partial charge in [0.15, 0.2) is 0 Å². The molecule has 0 saturated carbocycles. The highest BCUT2D eigenvalue weighted by Gasteiger charge is 2.33. The standard InChI is InChI=1S/C23H27FN2O4/c24-18-8-6-17(7-9-18)23(29)26-20-11-10-19(30-21(20)15-27)14-22(28)25-13-12-16-4-2-1-3-5-16/h1-9,19-21,27H,10-15H2,(H,25,28)(H,26,29)/t19-,20-,21-/m1/s1. The van der Waals surface area contributed by atoms with Gasteiger partial charge < -0.3 is 20.5 Å². The Morgan fingerprint density at radius 2 is 1.80 bits per heavy atom. The van der Waals surface area contributed by atoms with Crippen molar-refractivity contribution in [2.45, 2.75) is 43.9 Å². The lowest BCUT2D eigenvalue weighted by Gasteiger charge is -2.36. The average molecular weight is 414 g/mol. The lowest BCUT2D eigenvalue weighted by atomic mass is 9.96. The molecule has 0 aliphatic carbocycles. The molecule has 2 amide bonds. The number of carbonyl (C=O) groups excluding carboxylic acids is 2. The topological polar surface area (TPSA) is 87.7 Å². The van der Waals surface area contributed by atoms with Crippen LogP contribution in [0.2, 0.25) is 0 Å². The first-order chi connectivity index (χ1) is 14.5. The SMILES string of the molecule is O=C(C[C@H]1CC[C@@H](NC(=O)c2ccc(F)cc2)[C@@H](CO)O1)NCCc1ccccc1. The fraction of sp³-hybridized carbons (Fsp3) is 0.391. The molecular formula is C23H27FN2O4. The van der Waals surface area contributed by atoms with E-state index in [4.69, 9.17) is 4.74 Å². The van der Waals surface area contributed by atoms with E-state index in [0.29, 0.717) is 24.9 Å². The van der Waals surface area contributed by atoms with Crippen molar-refractivity contribution in [3.63, 3.8) is 0 Å². The van der Waals surface area contributed by atoms with E-state index in [1.165, 1.54) is 24.3 Å². The molecule has 7 heteroatoms. The third-order valence-electron chi connectivity index (χ3n) is 5.21. The van der Waals surface area contributed by atoms with Crippen LogP contribution in [0.5, 0.6) is 0 Å². The van der Waals surface area contributed by atoms with Gasteiger partial charge in [-0.2, -0.15) is 0 Å². The van der Waals surface area contributed by atoms with Crippen LogP contribution >= 0.6 is 0 Å². The largest absolute Gasteiger partial charge is 0.394 e. The molecule has 1 saturated heterocycles. The van der Waals surface area contributed by atoms with Crippen LogP contribution in [0.25, 0.3) is 0 Å². The van der Waals surface area contributed by atoms with Crippen LogP contribution in [-0.2, 0) is 16.0 Å². The molecule has 1 aliphatic heterocycles. The van der Waals surface area contributed by atoms with E-state index >= 15 is 0 Å². The fourth-order valence-corrected chi connectivity index (χ4v) is 3.57. The van der Waals surface area contributed by atoms with Gasteiger partial charge in [-0.25, -0.2) is 4.39 Å². The van der Waals surface area contributed by atoms with E-state index < -0.39 is 11.9 Å². The Labute approximate surface area is 175 Å². The van der Waals surface area contributed by atoms with E-state index in [1.54, 1.807) is 0 Å². The van der Waals surface area contributed by atoms with Gasteiger partial charge in [-0.05, 0) is 49.1 Å². The van der Waals surface area contributed by atoms with Crippen LogP contribution in [0.1, 0.15) is 35.2 Å². The number of ether oxygens (including phenoxy) is 1. The summed E-state index contributed by atoms with van der Waals surface area (Å²) in [7, 11) is 0. The molecule has 2 aromatic carbocycles. The molecule has 0 radical (unpaired) electrons. The van der Waals surface area contributed by atoms with Crippen LogP contribution in [0.3, 0.4) is 0 Å². The van der Waals surface area contributed by atoms with Gasteiger partial charge in [0.1, 0.15) is 11.9 Å². The predicted molar refractivity (Wildman–Crippen MR) is 110 cm³/mol. The Morgan fingerprint density at radius 3 is 2.50 bits per heavy atom. The maximum atomic E-state index is 13.0. The Balaban J connectivity index is 1.43. The molecule has 1 aliphatic rings. The first-order valence-corrected chi connectivity index (χ1v) is 10.2. The first kappa shape index (κ1) is 21.9. The zero-order valence-electron chi connectivity index (χ0n) is 16.7. The lowest BCUT2D eigenvalue weighted by molar-refractivity contribution is -0.130. The van der Waals surface area contributed by atoms with Crippen LogP contribution in [0.15, 0.2) is 54.6 Å². The molecule has 30 heavy (non-hydrogen) atoms. The van der Waals surface area contributed by atoms with E-state index in [0.717, 1.165) is 12.0 Å². The molecule has 0 spiro atoms. The summed E-state index contributed by atoms with van der Waals surface area (Å²) in [5.74, 6) is -0.855. The zero-order valence-corrected chi connectivity index (χ0v) is 16.7. The molecule has 6 nitrogen and oxygen atoms in total. The Bertz CT molecular complexity index is 829. The molecule has 1 heterocycles. The maximum absolute atomic E-state index is 13.0. The van der Waals surface area contributed by atoms with Crippen molar-refractivity contribution in [2.75, 3.05) is 13.2 Å². The van der Waals surface area contributed by atoms with Gasteiger partial charge in [-0.15, -0.1) is 0 Å². The van der Waals surface area contributed by atoms with Crippen molar-refractivity contribution in [1.29, 1.82) is 0 Å². The molecule has 1 fully saturated rings. The van der Waals surface area contributed by atoms with Crippen LogP contribution < -0.4 is 10.6 Å². The number of aliphatic hydroxyl groups is 1. The number of halogens is 1. The van der Waals surface area contributed by atoms with Crippen LogP contribution in [0.4, 0.5) is 4.39 Å². The lowest BCUT2D eigenvalue weighted by Crippen LogP contribution is -2.51. The minimum absolute atomic E-state index is 0.0959. The molecule has 0 aromatic heterocycles. The van der Waals surface area contributed by atoms with Gasteiger partial charge >= 0.3 is 0 Å². The molecule has 3 rings (SSSR count). The van der Waals surface area contributed by atoms with Gasteiger partial charge in [-0.3, -0.25) is 9.59 Å². The Hall–Kier alpha value is -2.77. The maximum Gasteiger partial charge on any atom is 0.251 e. The third-order valence-corrected chi connectivity index (χ3v) is 5.21. The number of carbonyl (C=O) groups is 2. The molecular weight excluding hydrogens is 387 g/mol. The summed E-state index contributed by atoms with van der Waals surface area (Å²) in [5.41, 5.74) is 1.50. The second-order valence-corrected chi connectivity index (χ2v) is 7.43. The summed E-state index contributed by atoms with van der Waals surface area (Å²) in [4.78, 5) is 24.6. The number of hydrogen-bond acceptors (Lipinski definition) is 4. The van der Waals surface area contributed by atoms with Gasteiger partial charge in [0, 0.05) is 12.1 Å². The molecule has 3 N–H and O–H groups in total. The second-order valence-electron chi connectivity index (χ2n) is 7.43. The first-order valence-electron chi connectivity index (χ1n) is 10.2. The van der Waals surface area contributed by atoms with Crippen molar-refractivity contribution in [1.82, 2.24) is 10.6 Å². The zero-order chi connectivity index (χ0) is 21.3. The van der Waals surface area contributed by atoms with Gasteiger partial charge in [0.25, 0.3) is 5.91 Å². The third kappa shape index (κ3) is 6.37. The predicted octanol–water partition coefficient (Wildman–Crippen LogP) is 2.21. The highest BCUT2D eigenvalue weighted by molar-refractivity contribution is 5.94. The second kappa shape index (κ2) is 10.8. The minimum atomic E-state index is -0.592. The Morgan fingerprint density at radius 1 is 1.07 bits per heavy atom. The minimum Gasteiger partial charge on any atom is -0.394 e. The van der Waals surface area contributed by atoms with Crippen molar-refractivity contribution < 1.29 is 23.8 Å². The highest BCUT2D eigenvalue weighted by Crippen LogP contribution is 2.22. The van der Waals surface area contributed by atoms with Crippen molar-refractivity contribution in [2.24, 2.45) is 0 Å². The number of nitrogens with one attached hydrogen (secondary N) is 2. The number of amides is 2. The van der Waals surface area contributed by atoms with Gasteiger partial charge in [0.2, 0.25) is 5.91 Å². The number of aliphatic hydroxyl groups excluding tert-OH is 1. The average Bonchev–Trinajstić information content (AvgIpc) is 2.76. The number of rotatable bonds is 8. The highest BCUT2D eigenvalue weighted by atomic mass is 19.1. The molecule has 160 valence electrons. The number of hydrogen-bond donors (Lipinski definition) is 3. The van der Waals surface area contributed by atoms with Crippen LogP contribution in [-0.4, -0.2) is 48.3 Å². The smallest absolute Gasteiger partial charge is 0.251 e. The molecule has 0 bridgehead atoms. The molecule has 2 aromatic rings. The van der Waals surface area contributed by atoms with E-state index in [9.17, 15) is 19.1 Å². The monoisotopic (exact) mass is 414 g/mol. The summed E-state index contributed by atoms with van der Waals surface area (Å²) in [6, 6.07) is 14.8. The summed E-state index contributed by atoms with van der Waals surface area (Å²) in [6.45, 7) is 0.288. The molecule has 0 unspecified atom stereocenters.